The fraction of sp³-hybridized carbons (Fsp3) is 0.533. The molecule has 1 atom stereocenters. The summed E-state index contributed by atoms with van der Waals surface area (Å²) in [6.07, 6.45) is 1.30. The molecule has 0 saturated carbocycles. The third kappa shape index (κ3) is 4.46. The van der Waals surface area contributed by atoms with Gasteiger partial charge in [0.25, 0.3) is 0 Å². The van der Waals surface area contributed by atoms with Gasteiger partial charge in [0, 0.05) is 19.6 Å². The third-order valence-corrected chi connectivity index (χ3v) is 5.60. The van der Waals surface area contributed by atoms with Gasteiger partial charge >= 0.3 is 6.03 Å². The molecule has 1 fully saturated rings. The van der Waals surface area contributed by atoms with Crippen LogP contribution in [0.2, 0.25) is 0 Å². The van der Waals surface area contributed by atoms with Gasteiger partial charge in [-0.25, -0.2) is 13.2 Å². The van der Waals surface area contributed by atoms with E-state index in [1.807, 2.05) is 25.1 Å². The maximum atomic E-state index is 12.0. The smallest absolute Gasteiger partial charge is 0.317 e. The van der Waals surface area contributed by atoms with Crippen molar-refractivity contribution in [3.05, 3.63) is 35.4 Å². The number of aryl methyl sites for hydroxylation is 1. The first-order valence-electron chi connectivity index (χ1n) is 7.14. The highest BCUT2D eigenvalue weighted by molar-refractivity contribution is 7.91. The summed E-state index contributed by atoms with van der Waals surface area (Å²) in [6, 6.07) is 7.77. The van der Waals surface area contributed by atoms with Gasteiger partial charge in [0.15, 0.2) is 9.84 Å². The molecule has 1 aromatic carbocycles. The van der Waals surface area contributed by atoms with Gasteiger partial charge in [0.05, 0.1) is 11.5 Å². The first-order chi connectivity index (χ1) is 9.87. The summed E-state index contributed by atoms with van der Waals surface area (Å²) in [5, 5.41) is 2.85. The summed E-state index contributed by atoms with van der Waals surface area (Å²) in [5.41, 5.74) is 2.38. The lowest BCUT2D eigenvalue weighted by atomic mass is 10.1. The van der Waals surface area contributed by atoms with Crippen molar-refractivity contribution in [1.29, 1.82) is 0 Å². The molecule has 0 bridgehead atoms. The summed E-state index contributed by atoms with van der Waals surface area (Å²) < 4.78 is 22.9. The molecule has 2 rings (SSSR count). The molecule has 1 saturated heterocycles. The van der Waals surface area contributed by atoms with Crippen molar-refractivity contribution in [3.8, 4) is 0 Å². The van der Waals surface area contributed by atoms with E-state index >= 15 is 0 Å². The summed E-state index contributed by atoms with van der Waals surface area (Å²) in [5.74, 6) is 0.257. The van der Waals surface area contributed by atoms with Gasteiger partial charge in [-0.15, -0.1) is 0 Å². The molecule has 5 nitrogen and oxygen atoms in total. The Hall–Kier alpha value is -1.56. The number of sulfone groups is 1. The van der Waals surface area contributed by atoms with E-state index in [-0.39, 0.29) is 23.6 Å². The van der Waals surface area contributed by atoms with Crippen LogP contribution in [0.25, 0.3) is 0 Å². The Morgan fingerprint density at radius 2 is 2.19 bits per heavy atom. The van der Waals surface area contributed by atoms with Crippen molar-refractivity contribution in [1.82, 2.24) is 10.2 Å². The first kappa shape index (κ1) is 15.8. The molecule has 0 aromatic heterocycles. The fourth-order valence-electron chi connectivity index (χ4n) is 2.55. The van der Waals surface area contributed by atoms with Crippen molar-refractivity contribution >= 4 is 15.9 Å². The van der Waals surface area contributed by atoms with Crippen LogP contribution in [-0.2, 0) is 16.3 Å². The molecule has 1 aliphatic heterocycles. The van der Waals surface area contributed by atoms with E-state index in [1.54, 1.807) is 7.05 Å². The zero-order valence-corrected chi connectivity index (χ0v) is 13.3. The van der Waals surface area contributed by atoms with Gasteiger partial charge in [-0.1, -0.05) is 29.8 Å². The van der Waals surface area contributed by atoms with Crippen molar-refractivity contribution in [3.63, 3.8) is 0 Å². The topological polar surface area (TPSA) is 66.5 Å². The summed E-state index contributed by atoms with van der Waals surface area (Å²) in [4.78, 5) is 13.5. The molecule has 21 heavy (non-hydrogen) atoms. The van der Waals surface area contributed by atoms with Crippen molar-refractivity contribution in [2.75, 3.05) is 25.1 Å². The lowest BCUT2D eigenvalue weighted by Gasteiger charge is -2.23. The number of hydrogen-bond donors (Lipinski definition) is 1. The van der Waals surface area contributed by atoms with Crippen molar-refractivity contribution in [2.24, 2.45) is 0 Å². The van der Waals surface area contributed by atoms with Crippen LogP contribution in [0.4, 0.5) is 4.79 Å². The molecular weight excluding hydrogens is 288 g/mol. The largest absolute Gasteiger partial charge is 0.338 e. The van der Waals surface area contributed by atoms with Crippen LogP contribution < -0.4 is 5.32 Å². The number of urea groups is 1. The molecule has 1 unspecified atom stereocenters. The molecule has 1 aliphatic rings. The van der Waals surface area contributed by atoms with E-state index in [9.17, 15) is 13.2 Å². The number of rotatable bonds is 4. The Balaban J connectivity index is 1.79. The van der Waals surface area contributed by atoms with Crippen LogP contribution in [0.15, 0.2) is 24.3 Å². The average molecular weight is 310 g/mol. The molecule has 1 N–H and O–H groups in total. The van der Waals surface area contributed by atoms with Crippen molar-refractivity contribution < 1.29 is 13.2 Å². The molecule has 0 spiro atoms. The van der Waals surface area contributed by atoms with E-state index in [0.717, 1.165) is 6.42 Å². The predicted molar refractivity (Wildman–Crippen MR) is 83.1 cm³/mol. The minimum Gasteiger partial charge on any atom is -0.338 e. The Morgan fingerprint density at radius 3 is 2.81 bits per heavy atom. The highest BCUT2D eigenvalue weighted by Gasteiger charge is 2.32. The molecular formula is C15H22N2O3S. The van der Waals surface area contributed by atoms with Gasteiger partial charge in [-0.2, -0.15) is 0 Å². The SMILES string of the molecule is Cc1cccc(CCNC(=O)N(C)C2CCS(=O)(=O)C2)c1. The fourth-order valence-corrected chi connectivity index (χ4v) is 4.33. The lowest BCUT2D eigenvalue weighted by Crippen LogP contribution is -2.44. The number of nitrogens with one attached hydrogen (secondary N) is 1. The average Bonchev–Trinajstić information content (AvgIpc) is 2.78. The van der Waals surface area contributed by atoms with Crippen LogP contribution in [0.5, 0.6) is 0 Å². The van der Waals surface area contributed by atoms with Gasteiger partial charge in [-0.05, 0) is 25.3 Å². The summed E-state index contributed by atoms with van der Waals surface area (Å²) in [7, 11) is -1.30. The standard InChI is InChI=1S/C15H22N2O3S/c1-12-4-3-5-13(10-12)6-8-16-15(18)17(2)14-7-9-21(19,20)11-14/h3-5,10,14H,6-9,11H2,1-2H3,(H,16,18). The van der Waals surface area contributed by atoms with E-state index in [0.29, 0.717) is 13.0 Å². The Morgan fingerprint density at radius 1 is 1.43 bits per heavy atom. The highest BCUT2D eigenvalue weighted by Crippen LogP contribution is 2.16. The van der Waals surface area contributed by atoms with Crippen LogP contribution in [0.3, 0.4) is 0 Å². The Bertz CT molecular complexity index is 613. The second kappa shape index (κ2) is 6.47. The molecule has 0 aliphatic carbocycles. The number of benzene rings is 1. The Kier molecular flexibility index (Phi) is 4.88. The maximum absolute atomic E-state index is 12.0. The summed E-state index contributed by atoms with van der Waals surface area (Å²) in [6.45, 7) is 2.59. The molecule has 1 heterocycles. The zero-order chi connectivity index (χ0) is 15.5. The highest BCUT2D eigenvalue weighted by atomic mass is 32.2. The molecule has 6 heteroatoms. The normalized spacial score (nSPS) is 20.2. The van der Waals surface area contributed by atoms with Gasteiger partial charge in [-0.3, -0.25) is 0 Å². The van der Waals surface area contributed by atoms with Gasteiger partial charge in [0.2, 0.25) is 0 Å². The third-order valence-electron chi connectivity index (χ3n) is 3.85. The van der Waals surface area contributed by atoms with E-state index in [2.05, 4.69) is 11.4 Å². The van der Waals surface area contributed by atoms with Crippen LogP contribution in [-0.4, -0.2) is 50.5 Å². The monoisotopic (exact) mass is 310 g/mol. The predicted octanol–water partition coefficient (Wildman–Crippen LogP) is 1.37. The number of amides is 2. The molecule has 0 radical (unpaired) electrons. The molecule has 116 valence electrons. The number of carbonyl (C=O) groups is 1. The molecule has 1 aromatic rings. The first-order valence-corrected chi connectivity index (χ1v) is 8.96. The van der Waals surface area contributed by atoms with E-state index in [1.165, 1.54) is 16.0 Å². The quantitative estimate of drug-likeness (QED) is 0.913. The lowest BCUT2D eigenvalue weighted by molar-refractivity contribution is 0.195. The Labute approximate surface area is 126 Å². The number of carbonyl (C=O) groups excluding carboxylic acids is 1. The minimum absolute atomic E-state index is 0.0782. The van der Waals surface area contributed by atoms with Gasteiger partial charge in [0.1, 0.15) is 0 Å². The second-order valence-electron chi connectivity index (χ2n) is 5.64. The minimum atomic E-state index is -2.96. The second-order valence-corrected chi connectivity index (χ2v) is 7.87. The van der Waals surface area contributed by atoms with E-state index in [4.69, 9.17) is 0 Å². The van der Waals surface area contributed by atoms with Crippen LogP contribution >= 0.6 is 0 Å². The van der Waals surface area contributed by atoms with Crippen LogP contribution in [0.1, 0.15) is 17.5 Å². The molecule has 2 amide bonds. The van der Waals surface area contributed by atoms with Gasteiger partial charge < -0.3 is 10.2 Å². The maximum Gasteiger partial charge on any atom is 0.317 e. The van der Waals surface area contributed by atoms with Crippen LogP contribution in [0, 0.1) is 6.92 Å². The summed E-state index contributed by atoms with van der Waals surface area (Å²) >= 11 is 0. The zero-order valence-electron chi connectivity index (χ0n) is 12.5. The van der Waals surface area contributed by atoms with Crippen molar-refractivity contribution in [2.45, 2.75) is 25.8 Å². The number of nitrogens with zero attached hydrogens (tertiary/aromatic N) is 1. The number of hydrogen-bond acceptors (Lipinski definition) is 3. The van der Waals surface area contributed by atoms with E-state index < -0.39 is 9.84 Å².